The molecule has 0 spiro atoms. The lowest BCUT2D eigenvalue weighted by atomic mass is 9.96. The van der Waals surface area contributed by atoms with E-state index in [9.17, 15) is 4.79 Å². The molecule has 2 unspecified atom stereocenters. The molecule has 16 heavy (non-hydrogen) atoms. The number of rotatable bonds is 6. The lowest BCUT2D eigenvalue weighted by Crippen LogP contribution is -2.27. The van der Waals surface area contributed by atoms with Gasteiger partial charge in [0, 0.05) is 0 Å². The highest BCUT2D eigenvalue weighted by Crippen LogP contribution is 2.31. The van der Waals surface area contributed by atoms with Crippen molar-refractivity contribution in [1.82, 2.24) is 0 Å². The molecule has 1 rings (SSSR count). The fourth-order valence-electron chi connectivity index (χ4n) is 2.16. The molecule has 0 aromatic heterocycles. The van der Waals surface area contributed by atoms with Gasteiger partial charge in [-0.2, -0.15) is 0 Å². The molecule has 4 heteroatoms. The normalized spacial score (nSPS) is 25.0. The molecule has 0 radical (unpaired) electrons. The molecule has 1 aliphatic carbocycles. The molecule has 1 fully saturated rings. The smallest absolute Gasteiger partial charge is 0.309 e. The van der Waals surface area contributed by atoms with E-state index in [1.807, 2.05) is 13.8 Å². The Morgan fingerprint density at radius 2 is 2.12 bits per heavy atom. The first-order chi connectivity index (χ1) is 7.65. The molecule has 2 atom stereocenters. The van der Waals surface area contributed by atoms with Crippen LogP contribution in [0, 0.1) is 11.8 Å². The molecule has 0 aromatic rings. The summed E-state index contributed by atoms with van der Waals surface area (Å²) in [6, 6.07) is 0. The van der Waals surface area contributed by atoms with Crippen molar-refractivity contribution in [3.8, 4) is 0 Å². The predicted octanol–water partition coefficient (Wildman–Crippen LogP) is 1.33. The Balaban J connectivity index is 2.19. The third-order valence-electron chi connectivity index (χ3n) is 3.04. The topological polar surface area (TPSA) is 61.5 Å². The van der Waals surface area contributed by atoms with E-state index in [1.54, 1.807) is 0 Å². The molecule has 0 saturated heterocycles. The van der Waals surface area contributed by atoms with E-state index in [4.69, 9.17) is 15.2 Å². The summed E-state index contributed by atoms with van der Waals surface area (Å²) in [6.45, 7) is 5.34. The molecule has 0 aliphatic heterocycles. The minimum atomic E-state index is -0.0969. The largest absolute Gasteiger partial charge is 0.463 e. The molecule has 1 aliphatic rings. The van der Waals surface area contributed by atoms with Gasteiger partial charge < -0.3 is 15.2 Å². The van der Waals surface area contributed by atoms with Crippen LogP contribution in [0.2, 0.25) is 0 Å². The van der Waals surface area contributed by atoms with Crippen LogP contribution in [-0.4, -0.2) is 31.8 Å². The fourth-order valence-corrected chi connectivity index (χ4v) is 2.16. The number of hydrogen-bond donors (Lipinski definition) is 1. The van der Waals surface area contributed by atoms with E-state index < -0.39 is 0 Å². The summed E-state index contributed by atoms with van der Waals surface area (Å²) in [6.07, 6.45) is 3.25. The summed E-state index contributed by atoms with van der Waals surface area (Å²) in [5.74, 6) is 0.239. The number of hydrogen-bond acceptors (Lipinski definition) is 4. The van der Waals surface area contributed by atoms with Gasteiger partial charge in [0.25, 0.3) is 0 Å². The highest BCUT2D eigenvalue weighted by atomic mass is 16.6. The summed E-state index contributed by atoms with van der Waals surface area (Å²) in [7, 11) is 0. The van der Waals surface area contributed by atoms with Crippen molar-refractivity contribution in [1.29, 1.82) is 0 Å². The Morgan fingerprint density at radius 3 is 2.75 bits per heavy atom. The molecule has 1 saturated carbocycles. The summed E-state index contributed by atoms with van der Waals surface area (Å²) in [5.41, 5.74) is 5.62. The van der Waals surface area contributed by atoms with Crippen LogP contribution in [0.3, 0.4) is 0 Å². The predicted molar refractivity (Wildman–Crippen MR) is 61.9 cm³/mol. The van der Waals surface area contributed by atoms with Gasteiger partial charge in [-0.05, 0) is 39.2 Å². The summed E-state index contributed by atoms with van der Waals surface area (Å²) >= 11 is 0. The van der Waals surface area contributed by atoms with Gasteiger partial charge in [-0.3, -0.25) is 4.79 Å². The first-order valence-electron chi connectivity index (χ1n) is 6.13. The quantitative estimate of drug-likeness (QED) is 0.551. The highest BCUT2D eigenvalue weighted by molar-refractivity contribution is 5.73. The maximum atomic E-state index is 11.7. The van der Waals surface area contributed by atoms with Crippen LogP contribution >= 0.6 is 0 Å². The molecule has 2 N–H and O–H groups in total. The lowest BCUT2D eigenvalue weighted by Gasteiger charge is -2.16. The molecule has 4 nitrogen and oxygen atoms in total. The maximum Gasteiger partial charge on any atom is 0.309 e. The Morgan fingerprint density at radius 1 is 1.38 bits per heavy atom. The average molecular weight is 229 g/mol. The molecular weight excluding hydrogens is 206 g/mol. The first-order valence-corrected chi connectivity index (χ1v) is 6.13. The zero-order valence-corrected chi connectivity index (χ0v) is 10.3. The molecule has 0 bridgehead atoms. The van der Waals surface area contributed by atoms with Crippen LogP contribution < -0.4 is 5.73 Å². The summed E-state index contributed by atoms with van der Waals surface area (Å²) in [4.78, 5) is 11.7. The van der Waals surface area contributed by atoms with Gasteiger partial charge in [-0.1, -0.05) is 6.42 Å². The third kappa shape index (κ3) is 4.10. The van der Waals surface area contributed by atoms with Crippen molar-refractivity contribution >= 4 is 5.97 Å². The Kier molecular flexibility index (Phi) is 5.77. The van der Waals surface area contributed by atoms with Crippen LogP contribution in [-0.2, 0) is 14.3 Å². The summed E-state index contributed by atoms with van der Waals surface area (Å²) in [5, 5.41) is 0. The number of esters is 1. The van der Waals surface area contributed by atoms with Crippen LogP contribution in [0.5, 0.6) is 0 Å². The van der Waals surface area contributed by atoms with Crippen LogP contribution in [0.25, 0.3) is 0 Å². The Labute approximate surface area is 97.5 Å². The van der Waals surface area contributed by atoms with Gasteiger partial charge in [0.2, 0.25) is 0 Å². The van der Waals surface area contributed by atoms with Gasteiger partial charge in [-0.15, -0.1) is 0 Å². The zero-order chi connectivity index (χ0) is 12.0. The first kappa shape index (κ1) is 13.5. The van der Waals surface area contributed by atoms with E-state index >= 15 is 0 Å². The van der Waals surface area contributed by atoms with E-state index in [-0.39, 0.29) is 18.0 Å². The van der Waals surface area contributed by atoms with Gasteiger partial charge in [-0.25, -0.2) is 0 Å². The maximum absolute atomic E-state index is 11.7. The van der Waals surface area contributed by atoms with E-state index in [0.717, 1.165) is 19.3 Å². The number of nitrogens with two attached hydrogens (primary N) is 1. The number of ether oxygens (including phenoxy) is 2. The SMILES string of the molecule is CC(C)OCCOC(=O)C1CCCC1CN. The minimum Gasteiger partial charge on any atom is -0.463 e. The van der Waals surface area contributed by atoms with Crippen molar-refractivity contribution in [2.75, 3.05) is 19.8 Å². The van der Waals surface area contributed by atoms with Crippen molar-refractivity contribution < 1.29 is 14.3 Å². The second kappa shape index (κ2) is 6.86. The van der Waals surface area contributed by atoms with Gasteiger partial charge in [0.1, 0.15) is 6.61 Å². The van der Waals surface area contributed by atoms with Crippen LogP contribution in [0.4, 0.5) is 0 Å². The Hall–Kier alpha value is -0.610. The van der Waals surface area contributed by atoms with E-state index in [0.29, 0.717) is 25.7 Å². The van der Waals surface area contributed by atoms with Crippen LogP contribution in [0.1, 0.15) is 33.1 Å². The molecule has 94 valence electrons. The third-order valence-corrected chi connectivity index (χ3v) is 3.04. The molecule has 0 amide bonds. The average Bonchev–Trinajstić information content (AvgIpc) is 2.71. The van der Waals surface area contributed by atoms with Gasteiger partial charge in [0.05, 0.1) is 18.6 Å². The standard InChI is InChI=1S/C12H23NO3/c1-9(2)15-6-7-16-12(14)11-5-3-4-10(11)8-13/h9-11H,3-8,13H2,1-2H3. The van der Waals surface area contributed by atoms with Gasteiger partial charge in [0.15, 0.2) is 0 Å². The monoisotopic (exact) mass is 229 g/mol. The van der Waals surface area contributed by atoms with E-state index in [1.165, 1.54) is 0 Å². The molecular formula is C12H23NO3. The second-order valence-electron chi connectivity index (χ2n) is 4.62. The van der Waals surface area contributed by atoms with Crippen LogP contribution in [0.15, 0.2) is 0 Å². The number of carbonyl (C=O) groups excluding carboxylic acids is 1. The van der Waals surface area contributed by atoms with Crippen molar-refractivity contribution in [3.05, 3.63) is 0 Å². The molecule has 0 heterocycles. The number of carbonyl (C=O) groups is 1. The fraction of sp³-hybridized carbons (Fsp3) is 0.917. The molecule has 0 aromatic carbocycles. The highest BCUT2D eigenvalue weighted by Gasteiger charge is 2.32. The van der Waals surface area contributed by atoms with Crippen molar-refractivity contribution in [2.45, 2.75) is 39.2 Å². The van der Waals surface area contributed by atoms with E-state index in [2.05, 4.69) is 0 Å². The minimum absolute atomic E-state index is 0.0176. The van der Waals surface area contributed by atoms with Gasteiger partial charge >= 0.3 is 5.97 Å². The Bertz CT molecular complexity index is 218. The van der Waals surface area contributed by atoms with Crippen molar-refractivity contribution in [3.63, 3.8) is 0 Å². The zero-order valence-electron chi connectivity index (χ0n) is 10.3. The van der Waals surface area contributed by atoms with Crippen molar-refractivity contribution in [2.24, 2.45) is 17.6 Å². The lowest BCUT2D eigenvalue weighted by molar-refractivity contribution is -0.151. The summed E-state index contributed by atoms with van der Waals surface area (Å²) < 4.78 is 10.5. The second-order valence-corrected chi connectivity index (χ2v) is 4.62.